The Morgan fingerprint density at radius 1 is 1.15 bits per heavy atom. The molecule has 0 radical (unpaired) electrons. The largest absolute Gasteiger partial charge is 0.497 e. The van der Waals surface area contributed by atoms with Crippen molar-refractivity contribution >= 4 is 20.8 Å². The number of pyridine rings is 1. The highest BCUT2D eigenvalue weighted by molar-refractivity contribution is 7.90. The molecular formula is C20H21N3O3S. The summed E-state index contributed by atoms with van der Waals surface area (Å²) >= 11 is 0. The molecule has 1 aromatic heterocycles. The molecule has 2 aromatic carbocycles. The van der Waals surface area contributed by atoms with Gasteiger partial charge in [0, 0.05) is 24.2 Å². The number of aromatic nitrogens is 1. The van der Waals surface area contributed by atoms with Gasteiger partial charge in [-0.15, -0.1) is 0 Å². The summed E-state index contributed by atoms with van der Waals surface area (Å²) in [5.41, 5.74) is 0.780. The van der Waals surface area contributed by atoms with Crippen LogP contribution in [0.25, 0.3) is 10.9 Å². The molecule has 0 aliphatic heterocycles. The molecule has 0 amide bonds. The monoisotopic (exact) mass is 383 g/mol. The van der Waals surface area contributed by atoms with E-state index in [1.807, 2.05) is 18.2 Å². The molecule has 1 atom stereocenters. The average Bonchev–Trinajstić information content (AvgIpc) is 3.51. The van der Waals surface area contributed by atoms with Gasteiger partial charge in [0.1, 0.15) is 27.2 Å². The van der Waals surface area contributed by atoms with E-state index in [1.54, 1.807) is 43.6 Å². The lowest BCUT2D eigenvalue weighted by atomic mass is 10.2. The highest BCUT2D eigenvalue weighted by atomic mass is 32.2. The van der Waals surface area contributed by atoms with Crippen LogP contribution < -0.4 is 14.2 Å². The molecule has 1 heterocycles. The van der Waals surface area contributed by atoms with Crippen LogP contribution in [0.3, 0.4) is 0 Å². The molecule has 2 N–H and O–H groups in total. The summed E-state index contributed by atoms with van der Waals surface area (Å²) in [6.45, 7) is 0.632. The first-order chi connectivity index (χ1) is 13.0. The Kier molecular flexibility index (Phi) is 4.72. The maximum Gasteiger partial charge on any atom is 0.138 e. The minimum Gasteiger partial charge on any atom is -0.497 e. The molecule has 0 bridgehead atoms. The molecule has 27 heavy (non-hydrogen) atoms. The van der Waals surface area contributed by atoms with Gasteiger partial charge in [-0.3, -0.25) is 4.98 Å². The number of ether oxygens (including phenoxy) is 2. The quantitative estimate of drug-likeness (QED) is 0.635. The number of nitrogens with one attached hydrogen (secondary N) is 2. The lowest BCUT2D eigenvalue weighted by Gasteiger charge is -2.12. The van der Waals surface area contributed by atoms with Crippen LogP contribution >= 0.6 is 0 Å². The zero-order chi connectivity index (χ0) is 18.9. The number of hydrogen-bond donors (Lipinski definition) is 2. The Balaban J connectivity index is 1.54. The Labute approximate surface area is 158 Å². The van der Waals surface area contributed by atoms with Crippen LogP contribution in [0.2, 0.25) is 0 Å². The molecule has 1 saturated carbocycles. The summed E-state index contributed by atoms with van der Waals surface area (Å²) in [6, 6.07) is 14.2. The lowest BCUT2D eigenvalue weighted by molar-refractivity contribution is 0.415. The summed E-state index contributed by atoms with van der Waals surface area (Å²) in [7, 11) is -1.36. The van der Waals surface area contributed by atoms with Gasteiger partial charge >= 0.3 is 0 Å². The van der Waals surface area contributed by atoms with Gasteiger partial charge < -0.3 is 9.47 Å². The van der Waals surface area contributed by atoms with Crippen LogP contribution in [0.1, 0.15) is 12.8 Å². The van der Waals surface area contributed by atoms with Gasteiger partial charge in [0.2, 0.25) is 0 Å². The SMILES string of the molecule is COc1ccc2c(Oc3ccc(S(=N)(=O)NCC4CC4)cc3)ccnc2c1. The average molecular weight is 383 g/mol. The molecule has 0 spiro atoms. The van der Waals surface area contributed by atoms with E-state index in [1.165, 1.54) is 0 Å². The second-order valence-electron chi connectivity index (χ2n) is 6.61. The number of hydrogen-bond acceptors (Lipinski definition) is 5. The predicted octanol–water partition coefficient (Wildman–Crippen LogP) is 4.36. The van der Waals surface area contributed by atoms with Crippen LogP contribution in [0.4, 0.5) is 0 Å². The van der Waals surface area contributed by atoms with E-state index < -0.39 is 9.92 Å². The number of benzene rings is 2. The van der Waals surface area contributed by atoms with Crippen molar-refractivity contribution in [2.24, 2.45) is 5.92 Å². The molecule has 1 aliphatic carbocycles. The first-order valence-corrected chi connectivity index (χ1v) is 10.3. The van der Waals surface area contributed by atoms with Crippen molar-refractivity contribution in [3.05, 3.63) is 54.7 Å². The van der Waals surface area contributed by atoms with E-state index in [9.17, 15) is 4.21 Å². The van der Waals surface area contributed by atoms with E-state index in [2.05, 4.69) is 9.71 Å². The molecule has 1 fully saturated rings. The van der Waals surface area contributed by atoms with Crippen molar-refractivity contribution in [2.45, 2.75) is 17.7 Å². The summed E-state index contributed by atoms with van der Waals surface area (Å²) in [4.78, 5) is 4.81. The van der Waals surface area contributed by atoms with Gasteiger partial charge in [-0.1, -0.05) is 0 Å². The van der Waals surface area contributed by atoms with Gasteiger partial charge in [0.05, 0.1) is 17.5 Å². The van der Waals surface area contributed by atoms with E-state index in [0.29, 0.717) is 28.9 Å². The van der Waals surface area contributed by atoms with Gasteiger partial charge in [0.15, 0.2) is 0 Å². The highest BCUT2D eigenvalue weighted by Gasteiger charge is 2.23. The van der Waals surface area contributed by atoms with Crippen molar-refractivity contribution in [1.29, 1.82) is 4.78 Å². The first kappa shape index (κ1) is 17.8. The van der Waals surface area contributed by atoms with Crippen LogP contribution in [-0.4, -0.2) is 22.8 Å². The standard InChI is InChI=1S/C20H21N3O3S/c1-25-16-6-9-18-19(12-16)22-11-10-20(18)26-15-4-7-17(8-5-15)27(21,24)23-13-14-2-3-14/h4-12,14H,2-3,13H2,1H3,(H2,21,23,24). The zero-order valence-electron chi connectivity index (χ0n) is 15.0. The highest BCUT2D eigenvalue weighted by Crippen LogP contribution is 2.31. The molecule has 140 valence electrons. The molecule has 4 rings (SSSR count). The number of methoxy groups -OCH3 is 1. The summed E-state index contributed by atoms with van der Waals surface area (Å²) in [5, 5.41) is 0.873. The molecule has 0 saturated heterocycles. The predicted molar refractivity (Wildman–Crippen MR) is 105 cm³/mol. The smallest absolute Gasteiger partial charge is 0.138 e. The molecule has 1 unspecified atom stereocenters. The van der Waals surface area contributed by atoms with Crippen molar-refractivity contribution in [3.8, 4) is 17.2 Å². The molecule has 1 aliphatic rings. The molecular weight excluding hydrogens is 362 g/mol. The Bertz CT molecular complexity index is 1060. The minimum atomic E-state index is -2.98. The molecule has 3 aromatic rings. The lowest BCUT2D eigenvalue weighted by Crippen LogP contribution is -2.24. The van der Waals surface area contributed by atoms with Crippen LogP contribution in [-0.2, 0) is 9.92 Å². The van der Waals surface area contributed by atoms with Gasteiger partial charge in [0.25, 0.3) is 0 Å². The van der Waals surface area contributed by atoms with E-state index >= 15 is 0 Å². The topological polar surface area (TPSA) is 84.3 Å². The summed E-state index contributed by atoms with van der Waals surface area (Å²) in [6.07, 6.45) is 3.99. The minimum absolute atomic E-state index is 0.458. The van der Waals surface area contributed by atoms with Crippen LogP contribution in [0.15, 0.2) is 59.6 Å². The van der Waals surface area contributed by atoms with Crippen molar-refractivity contribution in [1.82, 2.24) is 9.71 Å². The maximum atomic E-state index is 12.5. The van der Waals surface area contributed by atoms with E-state index in [4.69, 9.17) is 14.3 Å². The van der Waals surface area contributed by atoms with Crippen molar-refractivity contribution < 1.29 is 13.7 Å². The fourth-order valence-corrected chi connectivity index (χ4v) is 3.94. The van der Waals surface area contributed by atoms with Crippen LogP contribution in [0, 0.1) is 10.7 Å². The fraction of sp³-hybridized carbons (Fsp3) is 0.250. The van der Waals surface area contributed by atoms with Gasteiger partial charge in [-0.2, -0.15) is 0 Å². The Morgan fingerprint density at radius 2 is 1.89 bits per heavy atom. The summed E-state index contributed by atoms with van der Waals surface area (Å²) in [5.74, 6) is 2.59. The van der Waals surface area contributed by atoms with Crippen molar-refractivity contribution in [3.63, 3.8) is 0 Å². The normalized spacial score (nSPS) is 16.0. The van der Waals surface area contributed by atoms with Crippen molar-refractivity contribution in [2.75, 3.05) is 13.7 Å². The van der Waals surface area contributed by atoms with E-state index in [-0.39, 0.29) is 0 Å². The third kappa shape index (κ3) is 4.04. The number of fused-ring (bicyclic) bond motifs is 1. The van der Waals surface area contributed by atoms with Gasteiger partial charge in [-0.05, 0) is 61.2 Å². The van der Waals surface area contributed by atoms with Gasteiger partial charge in [-0.25, -0.2) is 13.7 Å². The van der Waals surface area contributed by atoms with Crippen LogP contribution in [0.5, 0.6) is 17.2 Å². The Morgan fingerprint density at radius 3 is 2.59 bits per heavy atom. The second kappa shape index (κ2) is 7.17. The fourth-order valence-electron chi connectivity index (χ4n) is 2.78. The van der Waals surface area contributed by atoms with E-state index in [0.717, 1.165) is 29.5 Å². The molecule has 7 heteroatoms. The maximum absolute atomic E-state index is 12.5. The molecule has 6 nitrogen and oxygen atoms in total. The third-order valence-electron chi connectivity index (χ3n) is 4.57. The second-order valence-corrected chi connectivity index (χ2v) is 8.49. The third-order valence-corrected chi connectivity index (χ3v) is 6.07. The Hall–Kier alpha value is -2.64. The first-order valence-electron chi connectivity index (χ1n) is 8.79. The number of rotatable bonds is 7. The number of nitrogens with zero attached hydrogens (tertiary/aromatic N) is 1. The summed E-state index contributed by atoms with van der Waals surface area (Å²) < 4.78 is 34.7. The zero-order valence-corrected chi connectivity index (χ0v) is 15.8.